The topological polar surface area (TPSA) is 58.6 Å². The quantitative estimate of drug-likeness (QED) is 0.349. The third-order valence-corrected chi connectivity index (χ3v) is 8.66. The van der Waals surface area contributed by atoms with Gasteiger partial charge in [-0.15, -0.1) is 0 Å². The maximum atomic E-state index is 14.3. The van der Waals surface area contributed by atoms with Crippen molar-refractivity contribution >= 4 is 16.7 Å². The lowest BCUT2D eigenvalue weighted by Gasteiger charge is -2.50. The lowest BCUT2D eigenvalue weighted by atomic mass is 9.54. The van der Waals surface area contributed by atoms with E-state index in [0.29, 0.717) is 23.9 Å². The van der Waals surface area contributed by atoms with Crippen molar-refractivity contribution in [1.29, 1.82) is 0 Å². The molecule has 0 aromatic heterocycles. The number of aliphatic carboxylic acids is 1. The number of carboxylic acid groups (broad SMARTS) is 1. The molecule has 4 nitrogen and oxygen atoms in total. The number of hydrogen-bond donors (Lipinski definition) is 2. The summed E-state index contributed by atoms with van der Waals surface area (Å²) >= 11 is 0. The predicted molar refractivity (Wildman–Crippen MR) is 131 cm³/mol. The number of benzene rings is 2. The van der Waals surface area contributed by atoms with E-state index in [1.165, 1.54) is 18.2 Å². The zero-order valence-electron chi connectivity index (χ0n) is 21.5. The number of nitrogens with one attached hydrogen (secondary N) is 1. The van der Waals surface area contributed by atoms with Crippen molar-refractivity contribution < 1.29 is 41.0 Å². The minimum absolute atomic E-state index is 0.0277. The summed E-state index contributed by atoms with van der Waals surface area (Å²) in [6.45, 7) is 6.20. The molecule has 2 fully saturated rings. The number of carbonyl (C=O) groups is 1. The van der Waals surface area contributed by atoms with Crippen molar-refractivity contribution in [2.75, 3.05) is 6.54 Å². The molecule has 10 heteroatoms. The van der Waals surface area contributed by atoms with Gasteiger partial charge in [0.05, 0.1) is 17.9 Å². The molecule has 2 aromatic rings. The minimum Gasteiger partial charge on any atom is -0.490 e. The van der Waals surface area contributed by atoms with Crippen LogP contribution in [0.5, 0.6) is 5.75 Å². The molecule has 2 saturated carbocycles. The Labute approximate surface area is 217 Å². The third-order valence-electron chi connectivity index (χ3n) is 8.66. The SMILES string of the molecule is CC(NC[C@@H]1C[C@H](C(=O)O)C1(C)C)c1ccc2ccc(OC3CCC(C(F)(F)F)CC3)c(C(F)(F)F)c2c1. The summed E-state index contributed by atoms with van der Waals surface area (Å²) in [5.41, 5.74) is -0.666. The van der Waals surface area contributed by atoms with Crippen molar-refractivity contribution in [1.82, 2.24) is 5.32 Å². The van der Waals surface area contributed by atoms with Crippen LogP contribution in [-0.4, -0.2) is 29.9 Å². The summed E-state index contributed by atoms with van der Waals surface area (Å²) in [5, 5.41) is 13.0. The van der Waals surface area contributed by atoms with Crippen LogP contribution in [-0.2, 0) is 11.0 Å². The number of halogens is 6. The number of hydrogen-bond acceptors (Lipinski definition) is 3. The van der Waals surface area contributed by atoms with Gasteiger partial charge in [0, 0.05) is 6.04 Å². The van der Waals surface area contributed by atoms with Gasteiger partial charge in [0.1, 0.15) is 11.3 Å². The van der Waals surface area contributed by atoms with Crippen molar-refractivity contribution in [3.8, 4) is 5.75 Å². The molecular weight excluding hydrogens is 512 g/mol. The summed E-state index contributed by atoms with van der Waals surface area (Å²) in [4.78, 5) is 11.4. The Morgan fingerprint density at radius 2 is 1.71 bits per heavy atom. The number of alkyl halides is 6. The first-order chi connectivity index (χ1) is 17.6. The summed E-state index contributed by atoms with van der Waals surface area (Å²) in [5.74, 6) is -2.92. The summed E-state index contributed by atoms with van der Waals surface area (Å²) < 4.78 is 87.5. The van der Waals surface area contributed by atoms with Gasteiger partial charge in [-0.1, -0.05) is 32.0 Å². The van der Waals surface area contributed by atoms with Crippen LogP contribution < -0.4 is 10.1 Å². The summed E-state index contributed by atoms with van der Waals surface area (Å²) in [7, 11) is 0. The van der Waals surface area contributed by atoms with Gasteiger partial charge >= 0.3 is 18.3 Å². The molecule has 2 aliphatic carbocycles. The standard InChI is InChI=1S/C28H33F6NO3/c1-15(35-14-19-13-22(25(36)37)26(19,2)3)17-5-4-16-6-11-23(24(21(16)12-17)28(32,33)34)38-20-9-7-18(8-10-20)27(29,30)31/h4-6,11-12,15,18-20,22,35H,7-10,13-14H2,1-3H3,(H,36,37)/t15?,18?,19-,20?,22+/m0/s1. The molecule has 210 valence electrons. The molecular formula is C28H33F6NO3. The molecule has 1 unspecified atom stereocenters. The van der Waals surface area contributed by atoms with Crippen LogP contribution in [0.4, 0.5) is 26.3 Å². The number of fused-ring (bicyclic) bond motifs is 1. The first-order valence-electron chi connectivity index (χ1n) is 12.9. The highest BCUT2D eigenvalue weighted by Gasteiger charge is 2.51. The van der Waals surface area contributed by atoms with E-state index in [0.717, 1.165) is 0 Å². The molecule has 0 heterocycles. The molecule has 38 heavy (non-hydrogen) atoms. The Kier molecular flexibility index (Phi) is 7.69. The average Bonchev–Trinajstić information content (AvgIpc) is 2.81. The van der Waals surface area contributed by atoms with Crippen LogP contribution >= 0.6 is 0 Å². The molecule has 0 radical (unpaired) electrons. The fourth-order valence-corrected chi connectivity index (χ4v) is 5.88. The van der Waals surface area contributed by atoms with Crippen LogP contribution in [0.15, 0.2) is 30.3 Å². The largest absolute Gasteiger partial charge is 0.490 e. The number of carboxylic acids is 1. The number of ether oxygens (including phenoxy) is 1. The molecule has 0 saturated heterocycles. The fraction of sp³-hybridized carbons (Fsp3) is 0.607. The van der Waals surface area contributed by atoms with E-state index in [4.69, 9.17) is 4.74 Å². The maximum absolute atomic E-state index is 14.3. The molecule has 0 spiro atoms. The second-order valence-electron chi connectivity index (χ2n) is 11.3. The van der Waals surface area contributed by atoms with Gasteiger partial charge < -0.3 is 15.2 Å². The van der Waals surface area contributed by atoms with E-state index < -0.39 is 41.8 Å². The summed E-state index contributed by atoms with van der Waals surface area (Å²) in [6.07, 6.45) is -9.45. The van der Waals surface area contributed by atoms with Crippen LogP contribution in [0.1, 0.15) is 70.0 Å². The highest BCUT2D eigenvalue weighted by Crippen LogP contribution is 2.51. The van der Waals surface area contributed by atoms with E-state index in [-0.39, 0.29) is 54.2 Å². The smallest absolute Gasteiger partial charge is 0.420 e. The third kappa shape index (κ3) is 5.75. The lowest BCUT2D eigenvalue weighted by molar-refractivity contribution is -0.185. The van der Waals surface area contributed by atoms with Crippen molar-refractivity contribution in [2.45, 2.75) is 77.4 Å². The molecule has 4 rings (SSSR count). The monoisotopic (exact) mass is 545 g/mol. The zero-order chi connectivity index (χ0) is 28.0. The maximum Gasteiger partial charge on any atom is 0.420 e. The van der Waals surface area contributed by atoms with Gasteiger partial charge in [0.2, 0.25) is 0 Å². The predicted octanol–water partition coefficient (Wildman–Crippen LogP) is 7.76. The minimum atomic E-state index is -4.73. The first-order valence-corrected chi connectivity index (χ1v) is 12.9. The molecule has 2 N–H and O–H groups in total. The van der Waals surface area contributed by atoms with Gasteiger partial charge in [0.25, 0.3) is 0 Å². The van der Waals surface area contributed by atoms with Crippen molar-refractivity contribution in [3.63, 3.8) is 0 Å². The Bertz CT molecular complexity index is 1170. The molecule has 2 aromatic carbocycles. The van der Waals surface area contributed by atoms with Crippen molar-refractivity contribution in [3.05, 3.63) is 41.5 Å². The first kappa shape index (κ1) is 28.5. The summed E-state index contributed by atoms with van der Waals surface area (Å²) in [6, 6.07) is 7.35. The van der Waals surface area contributed by atoms with Gasteiger partial charge in [-0.3, -0.25) is 4.79 Å². The fourth-order valence-electron chi connectivity index (χ4n) is 5.88. The van der Waals surface area contributed by atoms with E-state index in [9.17, 15) is 36.2 Å². The van der Waals surface area contributed by atoms with Crippen LogP contribution in [0.2, 0.25) is 0 Å². The molecule has 0 aliphatic heterocycles. The second kappa shape index (κ2) is 10.2. The molecule has 0 bridgehead atoms. The highest BCUT2D eigenvalue weighted by molar-refractivity contribution is 5.89. The highest BCUT2D eigenvalue weighted by atomic mass is 19.4. The Balaban J connectivity index is 1.53. The van der Waals surface area contributed by atoms with Crippen molar-refractivity contribution in [2.24, 2.45) is 23.2 Å². The number of rotatable bonds is 7. The van der Waals surface area contributed by atoms with Crippen LogP contribution in [0.25, 0.3) is 10.8 Å². The normalized spacial score (nSPS) is 26.6. The van der Waals surface area contributed by atoms with Gasteiger partial charge in [0.15, 0.2) is 0 Å². The molecule has 0 amide bonds. The van der Waals surface area contributed by atoms with E-state index in [2.05, 4.69) is 5.32 Å². The second-order valence-corrected chi connectivity index (χ2v) is 11.3. The van der Waals surface area contributed by atoms with Crippen LogP contribution in [0.3, 0.4) is 0 Å². The molecule has 3 atom stereocenters. The lowest BCUT2D eigenvalue weighted by Crippen LogP contribution is -2.52. The van der Waals surface area contributed by atoms with Gasteiger partial charge in [-0.2, -0.15) is 26.3 Å². The molecule has 2 aliphatic rings. The average molecular weight is 546 g/mol. The van der Waals surface area contributed by atoms with Crippen LogP contribution in [0, 0.1) is 23.2 Å². The Morgan fingerprint density at radius 1 is 1.08 bits per heavy atom. The van der Waals surface area contributed by atoms with Gasteiger partial charge in [-0.25, -0.2) is 0 Å². The Hall–Kier alpha value is -2.49. The van der Waals surface area contributed by atoms with E-state index in [1.54, 1.807) is 12.1 Å². The van der Waals surface area contributed by atoms with E-state index >= 15 is 0 Å². The Morgan fingerprint density at radius 3 is 2.26 bits per heavy atom. The van der Waals surface area contributed by atoms with E-state index in [1.807, 2.05) is 20.8 Å². The van der Waals surface area contributed by atoms with Gasteiger partial charge in [-0.05, 0) is 85.4 Å². The zero-order valence-corrected chi connectivity index (χ0v) is 21.5.